The quantitative estimate of drug-likeness (QED) is 0.755. The van der Waals surface area contributed by atoms with Crippen LogP contribution in [0.1, 0.15) is 81.8 Å². The topological polar surface area (TPSA) is 24.9 Å². The van der Waals surface area contributed by atoms with Crippen molar-refractivity contribution in [2.24, 2.45) is 11.8 Å². The van der Waals surface area contributed by atoms with Crippen LogP contribution in [-0.2, 0) is 13.0 Å². The first-order chi connectivity index (χ1) is 9.99. The van der Waals surface area contributed by atoms with E-state index in [0.29, 0.717) is 12.0 Å². The van der Waals surface area contributed by atoms with Gasteiger partial charge < -0.3 is 5.32 Å². The summed E-state index contributed by atoms with van der Waals surface area (Å²) in [7, 11) is 0. The maximum atomic E-state index is 5.06. The molecule has 0 amide bonds. The average Bonchev–Trinajstić information content (AvgIpc) is 3.02. The molecule has 1 fully saturated rings. The van der Waals surface area contributed by atoms with E-state index in [1.807, 2.05) is 11.3 Å². The Labute approximate surface area is 134 Å². The van der Waals surface area contributed by atoms with Gasteiger partial charge in [-0.2, -0.15) is 0 Å². The fraction of sp³-hybridized carbons (Fsp3) is 0.833. The highest BCUT2D eigenvalue weighted by Gasteiger charge is 2.28. The maximum absolute atomic E-state index is 5.06. The predicted molar refractivity (Wildman–Crippen MR) is 93.0 cm³/mol. The largest absolute Gasteiger partial charge is 0.310 e. The number of nitrogens with one attached hydrogen (secondary N) is 1. The molecule has 2 rings (SSSR count). The van der Waals surface area contributed by atoms with E-state index >= 15 is 0 Å². The predicted octanol–water partition coefficient (Wildman–Crippen LogP) is 5.13. The number of hydrogen-bond donors (Lipinski definition) is 1. The first-order valence-electron chi connectivity index (χ1n) is 8.71. The third-order valence-electron chi connectivity index (χ3n) is 4.54. The summed E-state index contributed by atoms with van der Waals surface area (Å²) >= 11 is 1.98. The molecule has 0 spiro atoms. The molecule has 1 aromatic rings. The van der Waals surface area contributed by atoms with Gasteiger partial charge in [0.05, 0.1) is 10.7 Å². The Hall–Kier alpha value is -0.410. The SMILES string of the molecule is CCC1CCC(c2nc(CC(C)C)c(CNC(C)C)s2)C1. The molecule has 120 valence electrons. The number of hydrogen-bond acceptors (Lipinski definition) is 3. The molecule has 2 atom stereocenters. The van der Waals surface area contributed by atoms with Crippen molar-refractivity contribution in [1.29, 1.82) is 0 Å². The Balaban J connectivity index is 2.11. The van der Waals surface area contributed by atoms with E-state index in [9.17, 15) is 0 Å². The number of rotatable bonds is 7. The van der Waals surface area contributed by atoms with Crippen LogP contribution in [0.5, 0.6) is 0 Å². The monoisotopic (exact) mass is 308 g/mol. The Morgan fingerprint density at radius 2 is 2.00 bits per heavy atom. The van der Waals surface area contributed by atoms with Gasteiger partial charge in [-0.05, 0) is 37.5 Å². The summed E-state index contributed by atoms with van der Waals surface area (Å²) < 4.78 is 0. The van der Waals surface area contributed by atoms with Gasteiger partial charge in [0.15, 0.2) is 0 Å². The number of aromatic nitrogens is 1. The van der Waals surface area contributed by atoms with Crippen molar-refractivity contribution in [2.45, 2.75) is 85.2 Å². The summed E-state index contributed by atoms with van der Waals surface area (Å²) in [5.41, 5.74) is 1.36. The standard InChI is InChI=1S/C18H32N2S/c1-6-14-7-8-15(10-14)18-20-16(9-12(2)3)17(21-18)11-19-13(4)5/h12-15,19H,6-11H2,1-5H3. The van der Waals surface area contributed by atoms with Gasteiger partial charge in [0, 0.05) is 23.4 Å². The van der Waals surface area contributed by atoms with Crippen LogP contribution in [0.2, 0.25) is 0 Å². The van der Waals surface area contributed by atoms with Crippen molar-refractivity contribution in [3.8, 4) is 0 Å². The second-order valence-corrected chi connectivity index (χ2v) is 8.45. The molecule has 1 N–H and O–H groups in total. The van der Waals surface area contributed by atoms with Crippen LogP contribution < -0.4 is 5.32 Å². The normalized spacial score (nSPS) is 22.6. The van der Waals surface area contributed by atoms with Gasteiger partial charge in [-0.25, -0.2) is 4.98 Å². The summed E-state index contributed by atoms with van der Waals surface area (Å²) in [5, 5.41) is 4.99. The highest BCUT2D eigenvalue weighted by atomic mass is 32.1. The maximum Gasteiger partial charge on any atom is 0.0962 e. The first-order valence-corrected chi connectivity index (χ1v) is 9.53. The van der Waals surface area contributed by atoms with Crippen LogP contribution in [0.25, 0.3) is 0 Å². The Morgan fingerprint density at radius 3 is 2.57 bits per heavy atom. The first kappa shape index (κ1) is 17.0. The Morgan fingerprint density at radius 1 is 1.24 bits per heavy atom. The minimum Gasteiger partial charge on any atom is -0.310 e. The molecule has 3 heteroatoms. The van der Waals surface area contributed by atoms with Crippen molar-refractivity contribution in [2.75, 3.05) is 0 Å². The van der Waals surface area contributed by atoms with Crippen molar-refractivity contribution in [3.05, 3.63) is 15.6 Å². The van der Waals surface area contributed by atoms with E-state index in [1.54, 1.807) is 0 Å². The van der Waals surface area contributed by atoms with Crippen LogP contribution in [0.4, 0.5) is 0 Å². The third-order valence-corrected chi connectivity index (χ3v) is 5.80. The zero-order chi connectivity index (χ0) is 15.4. The van der Waals surface area contributed by atoms with E-state index < -0.39 is 0 Å². The zero-order valence-electron chi connectivity index (χ0n) is 14.4. The van der Waals surface area contributed by atoms with Crippen molar-refractivity contribution < 1.29 is 0 Å². The van der Waals surface area contributed by atoms with Crippen LogP contribution in [0.15, 0.2) is 0 Å². The number of nitrogens with zero attached hydrogens (tertiary/aromatic N) is 1. The van der Waals surface area contributed by atoms with Gasteiger partial charge in [0.25, 0.3) is 0 Å². The molecule has 0 radical (unpaired) electrons. The molecular weight excluding hydrogens is 276 g/mol. The van der Waals surface area contributed by atoms with E-state index in [-0.39, 0.29) is 0 Å². The van der Waals surface area contributed by atoms with Gasteiger partial charge in [-0.3, -0.25) is 0 Å². The van der Waals surface area contributed by atoms with Crippen molar-refractivity contribution in [1.82, 2.24) is 10.3 Å². The van der Waals surface area contributed by atoms with E-state index in [1.165, 1.54) is 41.3 Å². The fourth-order valence-electron chi connectivity index (χ4n) is 3.23. The minimum absolute atomic E-state index is 0.540. The molecule has 1 heterocycles. The molecule has 1 aliphatic carbocycles. The lowest BCUT2D eigenvalue weighted by atomic mass is 10.0. The summed E-state index contributed by atoms with van der Waals surface area (Å²) in [5.74, 6) is 2.35. The average molecular weight is 309 g/mol. The second kappa shape index (κ2) is 7.73. The fourth-order valence-corrected chi connectivity index (χ4v) is 4.42. The van der Waals surface area contributed by atoms with Crippen LogP contribution >= 0.6 is 11.3 Å². The van der Waals surface area contributed by atoms with Crippen LogP contribution in [0, 0.1) is 11.8 Å². The van der Waals surface area contributed by atoms with Crippen LogP contribution in [-0.4, -0.2) is 11.0 Å². The molecule has 0 aliphatic heterocycles. The molecule has 21 heavy (non-hydrogen) atoms. The molecular formula is C18H32N2S. The number of thiazole rings is 1. The third kappa shape index (κ3) is 4.79. The molecule has 1 aliphatic rings. The highest BCUT2D eigenvalue weighted by Crippen LogP contribution is 2.41. The second-order valence-electron chi connectivity index (χ2n) is 7.34. The van der Waals surface area contributed by atoms with Crippen LogP contribution in [0.3, 0.4) is 0 Å². The molecule has 0 bridgehead atoms. The van der Waals surface area contributed by atoms with Gasteiger partial charge in [0.1, 0.15) is 0 Å². The van der Waals surface area contributed by atoms with E-state index in [2.05, 4.69) is 39.9 Å². The summed E-state index contributed by atoms with van der Waals surface area (Å²) in [4.78, 5) is 6.54. The molecule has 2 nitrogen and oxygen atoms in total. The Bertz CT molecular complexity index is 436. The molecule has 0 aromatic carbocycles. The lowest BCUT2D eigenvalue weighted by Gasteiger charge is -2.08. The molecule has 1 aromatic heterocycles. The summed E-state index contributed by atoms with van der Waals surface area (Å²) in [6.45, 7) is 12.3. The summed E-state index contributed by atoms with van der Waals surface area (Å²) in [6, 6.07) is 0.540. The van der Waals surface area contributed by atoms with Crippen molar-refractivity contribution in [3.63, 3.8) is 0 Å². The van der Waals surface area contributed by atoms with Crippen molar-refractivity contribution >= 4 is 11.3 Å². The molecule has 2 unspecified atom stereocenters. The Kier molecular flexibility index (Phi) is 6.24. The molecule has 1 saturated carbocycles. The van der Waals surface area contributed by atoms with Gasteiger partial charge in [0.2, 0.25) is 0 Å². The van der Waals surface area contributed by atoms with Gasteiger partial charge in [-0.1, -0.05) is 41.0 Å². The zero-order valence-corrected chi connectivity index (χ0v) is 15.2. The highest BCUT2D eigenvalue weighted by molar-refractivity contribution is 7.11. The van der Waals surface area contributed by atoms with Gasteiger partial charge in [-0.15, -0.1) is 11.3 Å². The minimum atomic E-state index is 0.540. The van der Waals surface area contributed by atoms with E-state index in [4.69, 9.17) is 4.98 Å². The van der Waals surface area contributed by atoms with Gasteiger partial charge >= 0.3 is 0 Å². The lowest BCUT2D eigenvalue weighted by Crippen LogP contribution is -2.22. The molecule has 0 saturated heterocycles. The van der Waals surface area contributed by atoms with E-state index in [0.717, 1.165) is 24.8 Å². The summed E-state index contributed by atoms with van der Waals surface area (Å²) in [6.07, 6.45) is 6.57. The smallest absolute Gasteiger partial charge is 0.0962 e. The lowest BCUT2D eigenvalue weighted by molar-refractivity contribution is 0.520.